The van der Waals surface area contributed by atoms with Gasteiger partial charge >= 0.3 is 0 Å². The summed E-state index contributed by atoms with van der Waals surface area (Å²) in [5.41, 5.74) is 2.03. The Labute approximate surface area is 176 Å². The number of nitrogens with zero attached hydrogens (tertiary/aromatic N) is 4. The Balaban J connectivity index is 1.40. The highest BCUT2D eigenvalue weighted by Gasteiger charge is 2.59. The minimum Gasteiger partial charge on any atom is -0.341 e. The number of hydrogen-bond donors (Lipinski definition) is 0. The van der Waals surface area contributed by atoms with E-state index in [-0.39, 0.29) is 17.2 Å². The molecular weight excluding hydrogens is 404 g/mol. The van der Waals surface area contributed by atoms with Gasteiger partial charge in [-0.3, -0.25) is 4.79 Å². The molecule has 160 valence electrons. The summed E-state index contributed by atoms with van der Waals surface area (Å²) in [4.78, 5) is 18.5. The van der Waals surface area contributed by atoms with Gasteiger partial charge in [-0.1, -0.05) is 11.2 Å². The van der Waals surface area contributed by atoms with Crippen molar-refractivity contribution in [3.63, 3.8) is 0 Å². The molecule has 2 aliphatic heterocycles. The van der Waals surface area contributed by atoms with Crippen molar-refractivity contribution in [3.8, 4) is 0 Å². The molecule has 2 aromatic rings. The summed E-state index contributed by atoms with van der Waals surface area (Å²) in [6, 6.07) is 5.55. The summed E-state index contributed by atoms with van der Waals surface area (Å²) in [6.45, 7) is 4.97. The molecule has 1 unspecified atom stereocenters. The van der Waals surface area contributed by atoms with E-state index >= 15 is 0 Å². The summed E-state index contributed by atoms with van der Waals surface area (Å²) in [5.74, 6) is 0.850. The van der Waals surface area contributed by atoms with Crippen LogP contribution in [0.2, 0.25) is 0 Å². The first-order chi connectivity index (χ1) is 14.3. The molecule has 9 heteroatoms. The number of likely N-dealkylation sites (tertiary alicyclic amines) is 1. The third kappa shape index (κ3) is 3.06. The maximum atomic E-state index is 13.3. The molecule has 5 rings (SSSR count). The molecule has 0 bridgehead atoms. The molecule has 1 aliphatic carbocycles. The maximum absolute atomic E-state index is 13.3. The zero-order chi connectivity index (χ0) is 21.1. The number of sulfonamides is 1. The van der Waals surface area contributed by atoms with E-state index in [9.17, 15) is 13.2 Å². The quantitative estimate of drug-likeness (QED) is 0.738. The van der Waals surface area contributed by atoms with Crippen molar-refractivity contribution < 1.29 is 17.7 Å². The van der Waals surface area contributed by atoms with Crippen LogP contribution in [0.25, 0.3) is 0 Å². The van der Waals surface area contributed by atoms with Gasteiger partial charge in [0.1, 0.15) is 0 Å². The Kier molecular flexibility index (Phi) is 4.52. The zero-order valence-electron chi connectivity index (χ0n) is 17.3. The molecule has 0 N–H and O–H groups in total. The lowest BCUT2D eigenvalue weighted by Crippen LogP contribution is -2.61. The van der Waals surface area contributed by atoms with Crippen LogP contribution >= 0.6 is 0 Å². The molecule has 1 spiro atoms. The Morgan fingerprint density at radius 1 is 1.17 bits per heavy atom. The summed E-state index contributed by atoms with van der Waals surface area (Å²) in [7, 11) is -3.57. The van der Waals surface area contributed by atoms with E-state index < -0.39 is 10.0 Å². The van der Waals surface area contributed by atoms with Crippen molar-refractivity contribution in [1.82, 2.24) is 19.3 Å². The predicted octanol–water partition coefficient (Wildman–Crippen LogP) is 1.89. The molecule has 1 atom stereocenters. The number of amides is 1. The molecular formula is C21H26N4O4S. The van der Waals surface area contributed by atoms with Crippen LogP contribution < -0.4 is 0 Å². The van der Waals surface area contributed by atoms with Gasteiger partial charge in [0, 0.05) is 38.5 Å². The second kappa shape index (κ2) is 6.88. The minimum absolute atomic E-state index is 0.0240. The van der Waals surface area contributed by atoms with Crippen LogP contribution in [0.15, 0.2) is 27.6 Å². The van der Waals surface area contributed by atoms with Gasteiger partial charge in [0.25, 0.3) is 0 Å². The molecule has 3 heterocycles. The fraction of sp³-hybridized carbons (Fsp3) is 0.571. The highest BCUT2D eigenvalue weighted by atomic mass is 32.2. The Morgan fingerprint density at radius 2 is 1.90 bits per heavy atom. The highest BCUT2D eigenvalue weighted by Crippen LogP contribution is 2.50. The van der Waals surface area contributed by atoms with Crippen LogP contribution in [0.5, 0.6) is 0 Å². The van der Waals surface area contributed by atoms with E-state index in [0.29, 0.717) is 42.8 Å². The molecule has 1 aromatic heterocycles. The van der Waals surface area contributed by atoms with Gasteiger partial charge in [-0.25, -0.2) is 8.42 Å². The van der Waals surface area contributed by atoms with Gasteiger partial charge in [0.05, 0.1) is 10.8 Å². The van der Waals surface area contributed by atoms with Crippen molar-refractivity contribution in [1.29, 1.82) is 0 Å². The lowest BCUT2D eigenvalue weighted by Gasteiger charge is -2.48. The van der Waals surface area contributed by atoms with Crippen molar-refractivity contribution >= 4 is 15.9 Å². The lowest BCUT2D eigenvalue weighted by atomic mass is 9.73. The summed E-state index contributed by atoms with van der Waals surface area (Å²) < 4.78 is 33.5. The van der Waals surface area contributed by atoms with Crippen LogP contribution in [-0.2, 0) is 27.7 Å². The molecule has 3 aliphatic rings. The number of hydrogen-bond acceptors (Lipinski definition) is 6. The molecule has 30 heavy (non-hydrogen) atoms. The van der Waals surface area contributed by atoms with Crippen LogP contribution in [0, 0.1) is 12.3 Å². The van der Waals surface area contributed by atoms with Gasteiger partial charge in [0.2, 0.25) is 21.8 Å². The Hall–Kier alpha value is -2.26. The van der Waals surface area contributed by atoms with Crippen LogP contribution in [0.4, 0.5) is 0 Å². The summed E-state index contributed by atoms with van der Waals surface area (Å²) >= 11 is 0. The largest absolute Gasteiger partial charge is 0.341 e. The van der Waals surface area contributed by atoms with Crippen molar-refractivity contribution in [2.75, 3.05) is 26.2 Å². The lowest BCUT2D eigenvalue weighted by molar-refractivity contribution is -0.128. The second-order valence-electron chi connectivity index (χ2n) is 8.91. The normalized spacial score (nSPS) is 23.4. The SMILES string of the molecule is CC(=O)N1CC(c2nc(C)no2)C2(C1)CN(S(=O)(=O)c1ccc3c(c1)CCCC3)C2. The van der Waals surface area contributed by atoms with Gasteiger partial charge < -0.3 is 9.42 Å². The van der Waals surface area contributed by atoms with Crippen LogP contribution in [0.3, 0.4) is 0 Å². The second-order valence-corrected chi connectivity index (χ2v) is 10.8. The van der Waals surface area contributed by atoms with E-state index in [4.69, 9.17) is 4.52 Å². The first-order valence-corrected chi connectivity index (χ1v) is 11.9. The fourth-order valence-corrected chi connectivity index (χ4v) is 6.85. The molecule has 0 saturated carbocycles. The van der Waals surface area contributed by atoms with Crippen LogP contribution in [-0.4, -0.2) is 59.8 Å². The standard InChI is InChI=1S/C21H26N4O4S/c1-14-22-20(29-23-14)19-10-24(15(2)26)11-21(19)12-25(13-21)30(27,28)18-8-7-16-5-3-4-6-17(16)9-18/h7-9,19H,3-6,10-13H2,1-2H3. The molecule has 1 aromatic carbocycles. The monoisotopic (exact) mass is 430 g/mol. The topological polar surface area (TPSA) is 96.6 Å². The van der Waals surface area contributed by atoms with Crippen molar-refractivity contribution in [3.05, 3.63) is 41.0 Å². The van der Waals surface area contributed by atoms with Crippen LogP contribution in [0.1, 0.15) is 48.5 Å². The number of carbonyl (C=O) groups is 1. The number of carbonyl (C=O) groups excluding carboxylic acids is 1. The van der Waals surface area contributed by atoms with Crippen molar-refractivity contribution in [2.45, 2.75) is 50.3 Å². The summed E-state index contributed by atoms with van der Waals surface area (Å²) in [5, 5.41) is 3.89. The first kappa shape index (κ1) is 19.7. The highest BCUT2D eigenvalue weighted by molar-refractivity contribution is 7.89. The molecule has 2 fully saturated rings. The fourth-order valence-electron chi connectivity index (χ4n) is 5.17. The van der Waals surface area contributed by atoms with E-state index in [1.165, 1.54) is 16.8 Å². The number of aromatic nitrogens is 2. The van der Waals surface area contributed by atoms with E-state index in [0.717, 1.165) is 31.2 Å². The Bertz CT molecular complexity index is 1100. The zero-order valence-corrected chi connectivity index (χ0v) is 18.1. The van der Waals surface area contributed by atoms with Crippen molar-refractivity contribution in [2.24, 2.45) is 5.41 Å². The number of rotatable bonds is 3. The van der Waals surface area contributed by atoms with Gasteiger partial charge in [-0.2, -0.15) is 9.29 Å². The summed E-state index contributed by atoms with van der Waals surface area (Å²) in [6.07, 6.45) is 4.23. The van der Waals surface area contributed by atoms with Gasteiger partial charge in [0.15, 0.2) is 5.82 Å². The number of aryl methyl sites for hydroxylation is 3. The third-order valence-electron chi connectivity index (χ3n) is 6.87. The number of benzene rings is 1. The third-order valence-corrected chi connectivity index (χ3v) is 8.66. The number of fused-ring (bicyclic) bond motifs is 1. The average Bonchev–Trinajstić information content (AvgIpc) is 3.30. The predicted molar refractivity (Wildman–Crippen MR) is 108 cm³/mol. The van der Waals surface area contributed by atoms with Gasteiger partial charge in [-0.05, 0) is 55.9 Å². The maximum Gasteiger partial charge on any atom is 0.243 e. The minimum atomic E-state index is -3.57. The smallest absolute Gasteiger partial charge is 0.243 e. The van der Waals surface area contributed by atoms with E-state index in [1.807, 2.05) is 12.1 Å². The van der Waals surface area contributed by atoms with E-state index in [2.05, 4.69) is 10.1 Å². The molecule has 0 radical (unpaired) electrons. The molecule has 2 saturated heterocycles. The van der Waals surface area contributed by atoms with E-state index in [1.54, 1.807) is 17.9 Å². The molecule has 8 nitrogen and oxygen atoms in total. The van der Waals surface area contributed by atoms with Gasteiger partial charge in [-0.15, -0.1) is 0 Å². The first-order valence-electron chi connectivity index (χ1n) is 10.5. The Morgan fingerprint density at radius 3 is 2.57 bits per heavy atom. The average molecular weight is 431 g/mol. The molecule has 1 amide bonds.